The molecule has 1 aromatic rings. The lowest BCUT2D eigenvalue weighted by Gasteiger charge is -2.21. The summed E-state index contributed by atoms with van der Waals surface area (Å²) in [5, 5.41) is 0. The zero-order valence-corrected chi connectivity index (χ0v) is 9.43. The third-order valence-electron chi connectivity index (χ3n) is 1.87. The largest absolute Gasteiger partial charge is 0.482 e. The maximum absolute atomic E-state index is 12.0. The van der Waals surface area contributed by atoms with Gasteiger partial charge in [0, 0.05) is 11.6 Å². The third-order valence-corrected chi connectivity index (χ3v) is 1.87. The Hall–Kier alpha value is -1.26. The van der Waals surface area contributed by atoms with Gasteiger partial charge in [-0.05, 0) is 12.1 Å². The molecule has 1 aromatic heterocycles. The Bertz CT molecular complexity index is 355. The van der Waals surface area contributed by atoms with E-state index in [1.807, 2.05) is 20.8 Å². The van der Waals surface area contributed by atoms with Crippen LogP contribution in [-0.2, 0) is 5.41 Å². The van der Waals surface area contributed by atoms with Crippen LogP contribution in [0.3, 0.4) is 0 Å². The van der Waals surface area contributed by atoms with Crippen LogP contribution >= 0.6 is 0 Å². The molecule has 2 nitrogen and oxygen atoms in total. The van der Waals surface area contributed by atoms with E-state index in [9.17, 15) is 13.2 Å². The molecule has 0 fully saturated rings. The van der Waals surface area contributed by atoms with Crippen molar-refractivity contribution in [2.24, 2.45) is 0 Å². The van der Waals surface area contributed by atoms with E-state index in [0.29, 0.717) is 5.69 Å². The second kappa shape index (κ2) is 4.31. The second-order valence-electron chi connectivity index (χ2n) is 4.50. The van der Waals surface area contributed by atoms with E-state index in [-0.39, 0.29) is 11.2 Å². The Morgan fingerprint density at radius 2 is 1.88 bits per heavy atom. The zero-order valence-electron chi connectivity index (χ0n) is 9.43. The van der Waals surface area contributed by atoms with Crippen molar-refractivity contribution in [3.05, 3.63) is 24.0 Å². The van der Waals surface area contributed by atoms with Crippen LogP contribution < -0.4 is 4.74 Å². The zero-order chi connectivity index (χ0) is 12.4. The first-order valence-electron chi connectivity index (χ1n) is 4.85. The standard InChI is InChI=1S/C11H14F3NO/c1-10(2,3)9-8(5-4-6-15-9)16-7-11(12,13)14/h4-6H,7H2,1-3H3. The van der Waals surface area contributed by atoms with Crippen molar-refractivity contribution in [3.63, 3.8) is 0 Å². The van der Waals surface area contributed by atoms with Crippen LogP contribution in [0.15, 0.2) is 18.3 Å². The second-order valence-corrected chi connectivity index (χ2v) is 4.50. The van der Waals surface area contributed by atoms with E-state index < -0.39 is 12.8 Å². The average Bonchev–Trinajstić information content (AvgIpc) is 2.12. The highest BCUT2D eigenvalue weighted by atomic mass is 19.4. The topological polar surface area (TPSA) is 22.1 Å². The molecular formula is C11H14F3NO. The van der Waals surface area contributed by atoms with Gasteiger partial charge in [-0.25, -0.2) is 0 Å². The summed E-state index contributed by atoms with van der Waals surface area (Å²) in [6, 6.07) is 3.06. The molecule has 0 unspecified atom stereocenters. The van der Waals surface area contributed by atoms with Gasteiger partial charge >= 0.3 is 6.18 Å². The number of rotatable bonds is 2. The number of nitrogens with zero attached hydrogens (tertiary/aromatic N) is 1. The molecule has 1 heterocycles. The molecule has 0 bridgehead atoms. The number of halogens is 3. The Labute approximate surface area is 92.5 Å². The summed E-state index contributed by atoms with van der Waals surface area (Å²) >= 11 is 0. The highest BCUT2D eigenvalue weighted by molar-refractivity contribution is 5.32. The number of ether oxygens (including phenoxy) is 1. The minimum atomic E-state index is -4.33. The molecule has 0 N–H and O–H groups in total. The highest BCUT2D eigenvalue weighted by Crippen LogP contribution is 2.29. The first-order valence-corrected chi connectivity index (χ1v) is 4.85. The summed E-state index contributed by atoms with van der Waals surface area (Å²) in [5.74, 6) is 0.187. The van der Waals surface area contributed by atoms with E-state index >= 15 is 0 Å². The Morgan fingerprint density at radius 3 is 2.38 bits per heavy atom. The Kier molecular flexibility index (Phi) is 3.45. The maximum atomic E-state index is 12.0. The summed E-state index contributed by atoms with van der Waals surface area (Å²) in [6.07, 6.45) is -2.79. The van der Waals surface area contributed by atoms with Crippen LogP contribution in [0.2, 0.25) is 0 Å². The van der Waals surface area contributed by atoms with Gasteiger partial charge in [0.15, 0.2) is 6.61 Å². The molecule has 0 atom stereocenters. The SMILES string of the molecule is CC(C)(C)c1ncccc1OCC(F)(F)F. The minimum Gasteiger partial charge on any atom is -0.482 e. The molecule has 0 aliphatic carbocycles. The molecule has 0 spiro atoms. The molecule has 0 aliphatic rings. The Balaban J connectivity index is 2.88. The molecule has 0 radical (unpaired) electrons. The fraction of sp³-hybridized carbons (Fsp3) is 0.545. The summed E-state index contributed by atoms with van der Waals surface area (Å²) < 4.78 is 40.8. The van der Waals surface area contributed by atoms with E-state index in [4.69, 9.17) is 4.74 Å². The van der Waals surface area contributed by atoms with Gasteiger partial charge in [0.1, 0.15) is 5.75 Å². The van der Waals surface area contributed by atoms with Crippen LogP contribution in [0.5, 0.6) is 5.75 Å². The number of alkyl halides is 3. The van der Waals surface area contributed by atoms with Gasteiger partial charge in [0.2, 0.25) is 0 Å². The normalized spacial score (nSPS) is 12.6. The fourth-order valence-electron chi connectivity index (χ4n) is 1.23. The summed E-state index contributed by atoms with van der Waals surface area (Å²) in [4.78, 5) is 4.06. The summed E-state index contributed by atoms with van der Waals surface area (Å²) in [6.45, 7) is 4.32. The van der Waals surface area contributed by atoms with Gasteiger partial charge in [0.25, 0.3) is 0 Å². The van der Waals surface area contributed by atoms with E-state index in [1.54, 1.807) is 12.3 Å². The van der Waals surface area contributed by atoms with Gasteiger partial charge in [-0.1, -0.05) is 20.8 Å². The monoisotopic (exact) mass is 233 g/mol. The van der Waals surface area contributed by atoms with Crippen molar-refractivity contribution in [2.45, 2.75) is 32.4 Å². The quantitative estimate of drug-likeness (QED) is 0.781. The van der Waals surface area contributed by atoms with Crippen LogP contribution in [0.4, 0.5) is 13.2 Å². The maximum Gasteiger partial charge on any atom is 0.422 e. The van der Waals surface area contributed by atoms with Gasteiger partial charge < -0.3 is 4.74 Å². The van der Waals surface area contributed by atoms with E-state index in [1.165, 1.54) is 6.07 Å². The van der Waals surface area contributed by atoms with Gasteiger partial charge in [0.05, 0.1) is 5.69 Å². The first-order chi connectivity index (χ1) is 7.20. The molecular weight excluding hydrogens is 219 g/mol. The van der Waals surface area contributed by atoms with Crippen LogP contribution in [0.1, 0.15) is 26.5 Å². The van der Waals surface area contributed by atoms with Gasteiger partial charge in [-0.3, -0.25) is 4.98 Å². The van der Waals surface area contributed by atoms with E-state index in [0.717, 1.165) is 0 Å². The number of hydrogen-bond acceptors (Lipinski definition) is 2. The summed E-state index contributed by atoms with van der Waals surface area (Å²) in [7, 11) is 0. The fourth-order valence-corrected chi connectivity index (χ4v) is 1.23. The lowest BCUT2D eigenvalue weighted by Crippen LogP contribution is -2.22. The summed E-state index contributed by atoms with van der Waals surface area (Å²) in [5.41, 5.74) is 0.182. The van der Waals surface area contributed by atoms with Crippen molar-refractivity contribution in [3.8, 4) is 5.75 Å². The molecule has 0 saturated carbocycles. The number of hydrogen-bond donors (Lipinski definition) is 0. The lowest BCUT2D eigenvalue weighted by atomic mass is 9.91. The predicted molar refractivity (Wildman–Crippen MR) is 54.5 cm³/mol. The molecule has 0 amide bonds. The van der Waals surface area contributed by atoms with E-state index in [2.05, 4.69) is 4.98 Å². The Morgan fingerprint density at radius 1 is 1.25 bits per heavy atom. The molecule has 1 rings (SSSR count). The van der Waals surface area contributed by atoms with Crippen LogP contribution in [0.25, 0.3) is 0 Å². The van der Waals surface area contributed by atoms with Crippen LogP contribution in [-0.4, -0.2) is 17.8 Å². The molecule has 0 aliphatic heterocycles. The third kappa shape index (κ3) is 3.72. The smallest absolute Gasteiger partial charge is 0.422 e. The van der Waals surface area contributed by atoms with Crippen molar-refractivity contribution >= 4 is 0 Å². The average molecular weight is 233 g/mol. The molecule has 5 heteroatoms. The van der Waals surface area contributed by atoms with Crippen molar-refractivity contribution in [1.82, 2.24) is 4.98 Å². The molecule has 90 valence electrons. The van der Waals surface area contributed by atoms with Crippen LogP contribution in [0, 0.1) is 0 Å². The lowest BCUT2D eigenvalue weighted by molar-refractivity contribution is -0.153. The highest BCUT2D eigenvalue weighted by Gasteiger charge is 2.30. The van der Waals surface area contributed by atoms with Crippen molar-refractivity contribution < 1.29 is 17.9 Å². The van der Waals surface area contributed by atoms with Crippen molar-refractivity contribution in [2.75, 3.05) is 6.61 Å². The molecule has 0 aromatic carbocycles. The van der Waals surface area contributed by atoms with Crippen molar-refractivity contribution in [1.29, 1.82) is 0 Å². The number of aromatic nitrogens is 1. The molecule has 0 saturated heterocycles. The predicted octanol–water partition coefficient (Wildman–Crippen LogP) is 3.32. The minimum absolute atomic E-state index is 0.187. The van der Waals surface area contributed by atoms with Gasteiger partial charge in [-0.2, -0.15) is 13.2 Å². The number of pyridine rings is 1. The van der Waals surface area contributed by atoms with Gasteiger partial charge in [-0.15, -0.1) is 0 Å². The first kappa shape index (κ1) is 12.8. The molecule has 16 heavy (non-hydrogen) atoms.